The molecule has 18 heavy (non-hydrogen) atoms. The molecule has 1 aromatic heterocycles. The molecule has 0 saturated heterocycles. The van der Waals surface area contributed by atoms with Gasteiger partial charge in [0.15, 0.2) is 0 Å². The molecule has 0 amide bonds. The summed E-state index contributed by atoms with van der Waals surface area (Å²) in [5.41, 5.74) is 1.74. The number of aromatic nitrogens is 1. The smallest absolute Gasteiger partial charge is 0.337 e. The Morgan fingerprint density at radius 3 is 2.61 bits per heavy atom. The first-order chi connectivity index (χ1) is 8.68. The van der Waals surface area contributed by atoms with Gasteiger partial charge in [-0.3, -0.25) is 4.98 Å². The molecule has 1 unspecified atom stereocenters. The molecule has 0 saturated carbocycles. The summed E-state index contributed by atoms with van der Waals surface area (Å²) in [6.07, 6.45) is 1.72. The lowest BCUT2D eigenvalue weighted by atomic mass is 10.1. The van der Waals surface area contributed by atoms with Gasteiger partial charge >= 0.3 is 5.97 Å². The molecule has 0 aliphatic carbocycles. The van der Waals surface area contributed by atoms with Crippen LogP contribution in [0.5, 0.6) is 0 Å². The van der Waals surface area contributed by atoms with Crippen molar-refractivity contribution in [3.8, 4) is 0 Å². The van der Waals surface area contributed by atoms with Crippen molar-refractivity contribution in [1.82, 2.24) is 4.98 Å². The van der Waals surface area contributed by atoms with Gasteiger partial charge in [-0.15, -0.1) is 0 Å². The zero-order valence-electron chi connectivity index (χ0n) is 10.00. The molecule has 1 atom stereocenters. The Hall–Kier alpha value is -2.36. The second kappa shape index (κ2) is 5.31. The third kappa shape index (κ3) is 2.66. The van der Waals surface area contributed by atoms with Crippen molar-refractivity contribution in [3.05, 3.63) is 59.9 Å². The highest BCUT2D eigenvalue weighted by molar-refractivity contribution is 5.94. The number of carboxylic acids is 1. The van der Waals surface area contributed by atoms with Crippen molar-refractivity contribution < 1.29 is 9.90 Å². The molecule has 4 nitrogen and oxygen atoms in total. The number of nitrogens with zero attached hydrogens (tertiary/aromatic N) is 1. The van der Waals surface area contributed by atoms with E-state index >= 15 is 0 Å². The van der Waals surface area contributed by atoms with E-state index in [-0.39, 0.29) is 11.6 Å². The van der Waals surface area contributed by atoms with Crippen LogP contribution in [0.2, 0.25) is 0 Å². The van der Waals surface area contributed by atoms with Crippen molar-refractivity contribution in [1.29, 1.82) is 0 Å². The van der Waals surface area contributed by atoms with Crippen LogP contribution in [0.4, 0.5) is 5.69 Å². The fourth-order valence-corrected chi connectivity index (χ4v) is 1.73. The van der Waals surface area contributed by atoms with E-state index in [0.717, 1.165) is 5.69 Å². The third-order valence-corrected chi connectivity index (χ3v) is 2.66. The first kappa shape index (κ1) is 12.1. The number of benzene rings is 1. The van der Waals surface area contributed by atoms with Gasteiger partial charge in [0, 0.05) is 11.9 Å². The lowest BCUT2D eigenvalue weighted by Gasteiger charge is -2.16. The lowest BCUT2D eigenvalue weighted by Crippen LogP contribution is -2.11. The summed E-state index contributed by atoms with van der Waals surface area (Å²) in [5, 5.41) is 12.3. The summed E-state index contributed by atoms with van der Waals surface area (Å²) in [7, 11) is 0. The summed E-state index contributed by atoms with van der Waals surface area (Å²) in [6, 6.07) is 12.5. The predicted molar refractivity (Wildman–Crippen MR) is 69.7 cm³/mol. The van der Waals surface area contributed by atoms with Crippen molar-refractivity contribution in [2.45, 2.75) is 13.0 Å². The van der Waals surface area contributed by atoms with Gasteiger partial charge in [0.05, 0.1) is 17.3 Å². The number of hydrogen-bond acceptors (Lipinski definition) is 3. The van der Waals surface area contributed by atoms with Crippen LogP contribution in [0.1, 0.15) is 29.0 Å². The fourth-order valence-electron chi connectivity index (χ4n) is 1.73. The number of aromatic carboxylic acids is 1. The Kier molecular flexibility index (Phi) is 3.57. The molecule has 2 N–H and O–H groups in total. The van der Waals surface area contributed by atoms with Crippen LogP contribution in [0, 0.1) is 0 Å². The van der Waals surface area contributed by atoms with Gasteiger partial charge in [0.1, 0.15) is 0 Å². The van der Waals surface area contributed by atoms with Crippen LogP contribution < -0.4 is 5.32 Å². The second-order valence-corrected chi connectivity index (χ2v) is 3.97. The Balaban J connectivity index is 2.22. The van der Waals surface area contributed by atoms with E-state index in [9.17, 15) is 4.79 Å². The molecule has 1 heterocycles. The van der Waals surface area contributed by atoms with Crippen LogP contribution >= 0.6 is 0 Å². The molecular formula is C14H14N2O2. The molecule has 2 aromatic rings. The molecule has 4 heteroatoms. The average Bonchev–Trinajstić information content (AvgIpc) is 2.40. The molecule has 0 fully saturated rings. The second-order valence-electron chi connectivity index (χ2n) is 3.97. The minimum absolute atomic E-state index is 0.0494. The van der Waals surface area contributed by atoms with Crippen molar-refractivity contribution in [2.75, 3.05) is 5.32 Å². The minimum Gasteiger partial charge on any atom is -0.478 e. The highest BCUT2D eigenvalue weighted by Gasteiger charge is 2.12. The van der Waals surface area contributed by atoms with Crippen molar-refractivity contribution in [2.24, 2.45) is 0 Å². The number of carboxylic acid groups (broad SMARTS) is 1. The van der Waals surface area contributed by atoms with E-state index in [1.54, 1.807) is 30.5 Å². The Labute approximate surface area is 105 Å². The van der Waals surface area contributed by atoms with Gasteiger partial charge in [-0.1, -0.05) is 18.2 Å². The molecule has 2 rings (SSSR count). The van der Waals surface area contributed by atoms with Crippen LogP contribution in [0.15, 0.2) is 48.7 Å². The van der Waals surface area contributed by atoms with E-state index in [1.165, 1.54) is 0 Å². The highest BCUT2D eigenvalue weighted by Crippen LogP contribution is 2.21. The maximum absolute atomic E-state index is 11.1. The maximum atomic E-state index is 11.1. The zero-order valence-corrected chi connectivity index (χ0v) is 10.00. The molecule has 0 radical (unpaired) electrons. The van der Waals surface area contributed by atoms with Gasteiger partial charge in [-0.25, -0.2) is 4.79 Å². The van der Waals surface area contributed by atoms with Gasteiger partial charge in [0.2, 0.25) is 0 Å². The average molecular weight is 242 g/mol. The molecule has 0 aliphatic rings. The van der Waals surface area contributed by atoms with Crippen molar-refractivity contribution in [3.63, 3.8) is 0 Å². The van der Waals surface area contributed by atoms with Gasteiger partial charge in [-0.05, 0) is 31.2 Å². The van der Waals surface area contributed by atoms with E-state index in [4.69, 9.17) is 5.11 Å². The van der Waals surface area contributed by atoms with Gasteiger partial charge < -0.3 is 10.4 Å². The number of pyridine rings is 1. The van der Waals surface area contributed by atoms with Crippen LogP contribution in [0.25, 0.3) is 0 Å². The molecule has 0 bridgehead atoms. The molecule has 0 aliphatic heterocycles. The monoisotopic (exact) mass is 242 g/mol. The molecule has 1 aromatic carbocycles. The summed E-state index contributed by atoms with van der Waals surface area (Å²) in [4.78, 5) is 15.3. The molecule has 0 spiro atoms. The number of carbonyl (C=O) groups is 1. The first-order valence-electron chi connectivity index (χ1n) is 5.68. The van der Waals surface area contributed by atoms with Crippen LogP contribution in [-0.2, 0) is 0 Å². The topological polar surface area (TPSA) is 62.2 Å². The first-order valence-corrected chi connectivity index (χ1v) is 5.68. The number of anilines is 1. The minimum atomic E-state index is -0.939. The predicted octanol–water partition coefficient (Wildman–Crippen LogP) is 2.95. The number of para-hydroxylation sites is 1. The summed E-state index contributed by atoms with van der Waals surface area (Å²) in [6.45, 7) is 1.95. The summed E-state index contributed by atoms with van der Waals surface area (Å²) < 4.78 is 0. The van der Waals surface area contributed by atoms with E-state index in [0.29, 0.717) is 5.69 Å². The maximum Gasteiger partial charge on any atom is 0.337 e. The summed E-state index contributed by atoms with van der Waals surface area (Å²) in [5.74, 6) is -0.939. The van der Waals surface area contributed by atoms with E-state index in [1.807, 2.05) is 25.1 Å². The van der Waals surface area contributed by atoms with Crippen LogP contribution in [-0.4, -0.2) is 16.1 Å². The number of nitrogens with one attached hydrogen (secondary N) is 1. The number of rotatable bonds is 4. The third-order valence-electron chi connectivity index (χ3n) is 2.66. The van der Waals surface area contributed by atoms with E-state index < -0.39 is 5.97 Å². The zero-order chi connectivity index (χ0) is 13.0. The van der Waals surface area contributed by atoms with Gasteiger partial charge in [0.25, 0.3) is 0 Å². The standard InChI is InChI=1S/C14H14N2O2/c1-10(12-7-4-5-9-15-12)16-13-8-3-2-6-11(13)14(17)18/h2-10,16H,1H3,(H,17,18). The van der Waals surface area contributed by atoms with Gasteiger partial charge in [-0.2, -0.15) is 0 Å². The summed E-state index contributed by atoms with van der Waals surface area (Å²) >= 11 is 0. The fraction of sp³-hybridized carbons (Fsp3) is 0.143. The number of hydrogen-bond donors (Lipinski definition) is 2. The quantitative estimate of drug-likeness (QED) is 0.865. The normalized spacial score (nSPS) is 11.8. The van der Waals surface area contributed by atoms with E-state index in [2.05, 4.69) is 10.3 Å². The highest BCUT2D eigenvalue weighted by atomic mass is 16.4. The van der Waals surface area contributed by atoms with Crippen LogP contribution in [0.3, 0.4) is 0 Å². The SMILES string of the molecule is CC(Nc1ccccc1C(=O)O)c1ccccn1. The Morgan fingerprint density at radius 2 is 1.94 bits per heavy atom. The molecule has 92 valence electrons. The molecular weight excluding hydrogens is 228 g/mol. The van der Waals surface area contributed by atoms with Crippen molar-refractivity contribution >= 4 is 11.7 Å². The Morgan fingerprint density at radius 1 is 1.22 bits per heavy atom. The lowest BCUT2D eigenvalue weighted by molar-refractivity contribution is 0.0698. The Bertz CT molecular complexity index is 541. The largest absolute Gasteiger partial charge is 0.478 e.